The first-order valence-electron chi connectivity index (χ1n) is 9.27. The van der Waals surface area contributed by atoms with Crippen molar-refractivity contribution in [1.29, 1.82) is 0 Å². The van der Waals surface area contributed by atoms with Gasteiger partial charge in [0.1, 0.15) is 0 Å². The molecule has 0 saturated carbocycles. The normalized spacial score (nSPS) is 27.2. The van der Waals surface area contributed by atoms with Gasteiger partial charge in [0.25, 0.3) is 0 Å². The lowest BCUT2D eigenvalue weighted by molar-refractivity contribution is -0.124. The predicted octanol–water partition coefficient (Wildman–Crippen LogP) is 1.41. The molecule has 26 heavy (non-hydrogen) atoms. The summed E-state index contributed by atoms with van der Waals surface area (Å²) in [5, 5.41) is 8.25. The average Bonchev–Trinajstić information content (AvgIpc) is 3.13. The second kappa shape index (κ2) is 7.96. The molecule has 0 aliphatic carbocycles. The molecule has 6 nitrogen and oxygen atoms in total. The van der Waals surface area contributed by atoms with Gasteiger partial charge in [-0.25, -0.2) is 8.42 Å². The number of nitrogens with zero attached hydrogens (tertiary/aromatic N) is 1. The van der Waals surface area contributed by atoms with E-state index in [1.54, 1.807) is 11.3 Å². The van der Waals surface area contributed by atoms with E-state index in [-0.39, 0.29) is 11.9 Å². The van der Waals surface area contributed by atoms with Crippen molar-refractivity contribution in [2.75, 3.05) is 39.5 Å². The monoisotopic (exact) mass is 399 g/mol. The molecule has 2 aliphatic rings. The number of carbonyl (C=O) groups is 1. The van der Waals surface area contributed by atoms with Crippen LogP contribution in [0.4, 0.5) is 0 Å². The third-order valence-electron chi connectivity index (χ3n) is 5.90. The van der Waals surface area contributed by atoms with E-state index in [0.717, 1.165) is 19.4 Å². The molecule has 2 fully saturated rings. The maximum Gasteiger partial charge on any atom is 0.241 e. The van der Waals surface area contributed by atoms with E-state index in [9.17, 15) is 13.2 Å². The lowest BCUT2D eigenvalue weighted by atomic mass is 9.88. The summed E-state index contributed by atoms with van der Waals surface area (Å²) < 4.78 is 23.5. The van der Waals surface area contributed by atoms with E-state index in [1.165, 1.54) is 11.1 Å². The number of hydrogen-bond donors (Lipinski definition) is 2. The molecule has 2 atom stereocenters. The molecule has 3 heterocycles. The topological polar surface area (TPSA) is 78.5 Å². The van der Waals surface area contributed by atoms with E-state index in [2.05, 4.69) is 40.1 Å². The van der Waals surface area contributed by atoms with E-state index in [4.69, 9.17) is 0 Å². The van der Waals surface area contributed by atoms with Gasteiger partial charge in [-0.1, -0.05) is 6.07 Å². The Balaban J connectivity index is 1.73. The van der Waals surface area contributed by atoms with Gasteiger partial charge in [0.05, 0.1) is 0 Å². The first-order chi connectivity index (χ1) is 12.3. The van der Waals surface area contributed by atoms with Crippen LogP contribution in [0, 0.1) is 5.92 Å². The van der Waals surface area contributed by atoms with Crippen molar-refractivity contribution in [2.24, 2.45) is 5.92 Å². The summed E-state index contributed by atoms with van der Waals surface area (Å²) >= 11 is 1.74. The number of nitrogens with one attached hydrogen (secondary N) is 2. The quantitative estimate of drug-likeness (QED) is 0.783. The summed E-state index contributed by atoms with van der Waals surface area (Å²) in [6.45, 7) is 2.69. The Kier molecular flexibility index (Phi) is 6.06. The van der Waals surface area contributed by atoms with Crippen molar-refractivity contribution < 1.29 is 13.2 Å². The van der Waals surface area contributed by atoms with Crippen LogP contribution in [-0.2, 0) is 14.6 Å². The molecule has 2 unspecified atom stereocenters. The molecule has 1 aromatic heterocycles. The van der Waals surface area contributed by atoms with E-state index < -0.39 is 14.6 Å². The molecule has 1 aromatic rings. The van der Waals surface area contributed by atoms with Crippen molar-refractivity contribution in [3.05, 3.63) is 22.4 Å². The number of thiophene rings is 1. The Hall–Kier alpha value is -0.960. The molecule has 0 aromatic carbocycles. The maximum atomic E-state index is 13.0. The lowest BCUT2D eigenvalue weighted by Crippen LogP contribution is -2.58. The molecular weight excluding hydrogens is 370 g/mol. The summed E-state index contributed by atoms with van der Waals surface area (Å²) in [5.74, 6) is -0.0191. The number of piperidine rings is 2. The summed E-state index contributed by atoms with van der Waals surface area (Å²) in [5.41, 5.74) is 0. The van der Waals surface area contributed by atoms with Gasteiger partial charge in [-0.05, 0) is 69.7 Å². The van der Waals surface area contributed by atoms with Crippen molar-refractivity contribution in [3.63, 3.8) is 0 Å². The third-order valence-corrected chi connectivity index (χ3v) is 8.86. The van der Waals surface area contributed by atoms with Crippen LogP contribution in [0.3, 0.4) is 0 Å². The molecule has 2 N–H and O–H groups in total. The van der Waals surface area contributed by atoms with Gasteiger partial charge < -0.3 is 10.6 Å². The van der Waals surface area contributed by atoms with Crippen molar-refractivity contribution in [3.8, 4) is 0 Å². The number of sulfone groups is 1. The zero-order valence-corrected chi connectivity index (χ0v) is 17.2. The minimum Gasteiger partial charge on any atom is -0.354 e. The Morgan fingerprint density at radius 2 is 2.15 bits per heavy atom. The summed E-state index contributed by atoms with van der Waals surface area (Å²) in [6.07, 6.45) is 4.02. The number of amides is 1. The van der Waals surface area contributed by atoms with Crippen LogP contribution >= 0.6 is 11.3 Å². The Morgan fingerprint density at radius 3 is 2.77 bits per heavy atom. The molecule has 0 spiro atoms. The fourth-order valence-electron chi connectivity index (χ4n) is 4.36. The van der Waals surface area contributed by atoms with Gasteiger partial charge >= 0.3 is 0 Å². The van der Waals surface area contributed by atoms with Crippen LogP contribution in [0.5, 0.6) is 0 Å². The Labute approximate surface area is 160 Å². The highest BCUT2D eigenvalue weighted by molar-refractivity contribution is 7.92. The fourth-order valence-corrected chi connectivity index (χ4v) is 6.70. The first-order valence-corrected chi connectivity index (χ1v) is 12.0. The van der Waals surface area contributed by atoms with E-state index in [1.807, 2.05) is 0 Å². The van der Waals surface area contributed by atoms with E-state index in [0.29, 0.717) is 38.4 Å². The summed E-state index contributed by atoms with van der Waals surface area (Å²) in [6, 6.07) is 4.49. The highest BCUT2D eigenvalue weighted by atomic mass is 32.2. The van der Waals surface area contributed by atoms with Crippen LogP contribution in [-0.4, -0.2) is 63.5 Å². The number of rotatable bonds is 5. The van der Waals surface area contributed by atoms with Gasteiger partial charge in [0.2, 0.25) is 5.91 Å². The highest BCUT2D eigenvalue weighted by Gasteiger charge is 2.48. The largest absolute Gasteiger partial charge is 0.354 e. The van der Waals surface area contributed by atoms with Crippen molar-refractivity contribution >= 4 is 27.1 Å². The number of likely N-dealkylation sites (tertiary alicyclic amines) is 1. The smallest absolute Gasteiger partial charge is 0.241 e. The summed E-state index contributed by atoms with van der Waals surface area (Å²) in [4.78, 5) is 16.6. The molecule has 8 heteroatoms. The molecule has 2 aliphatic heterocycles. The standard InChI is InChI=1S/C18H29N3O3S2/c1-21-11-3-5-14(16(21)15-6-4-12-25-15)13-20-17(22)18(26(2,23)24)7-9-19-10-8-18/h4,6,12,14,16,19H,3,5,7-11,13H2,1-2H3,(H,20,22). The van der Waals surface area contributed by atoms with Gasteiger partial charge in [0.15, 0.2) is 14.6 Å². The molecule has 3 rings (SSSR count). The molecular formula is C18H29N3O3S2. The fraction of sp³-hybridized carbons (Fsp3) is 0.722. The minimum absolute atomic E-state index is 0.284. The van der Waals surface area contributed by atoms with Gasteiger partial charge in [-0.2, -0.15) is 0 Å². The zero-order chi connectivity index (χ0) is 18.8. The van der Waals surface area contributed by atoms with Crippen molar-refractivity contribution in [1.82, 2.24) is 15.5 Å². The van der Waals surface area contributed by atoms with Gasteiger partial charge in [-0.15, -0.1) is 11.3 Å². The predicted molar refractivity (Wildman–Crippen MR) is 105 cm³/mol. The SMILES string of the molecule is CN1CCCC(CNC(=O)C2(S(C)(=O)=O)CCNCC2)C1c1cccs1. The van der Waals surface area contributed by atoms with Gasteiger partial charge in [0, 0.05) is 23.7 Å². The Bertz CT molecular complexity index is 712. The van der Waals surface area contributed by atoms with Crippen LogP contribution in [0.25, 0.3) is 0 Å². The first kappa shape index (κ1) is 19.8. The molecule has 1 amide bonds. The zero-order valence-electron chi connectivity index (χ0n) is 15.5. The van der Waals surface area contributed by atoms with Crippen LogP contribution in [0.15, 0.2) is 17.5 Å². The lowest BCUT2D eigenvalue weighted by Gasteiger charge is -2.40. The molecule has 146 valence electrons. The third kappa shape index (κ3) is 3.83. The second-order valence-corrected chi connectivity index (χ2v) is 10.9. The average molecular weight is 400 g/mol. The second-order valence-electron chi connectivity index (χ2n) is 7.57. The van der Waals surface area contributed by atoms with Gasteiger partial charge in [-0.3, -0.25) is 9.69 Å². The van der Waals surface area contributed by atoms with E-state index >= 15 is 0 Å². The number of hydrogen-bond acceptors (Lipinski definition) is 6. The van der Waals surface area contributed by atoms with Crippen LogP contribution in [0.1, 0.15) is 36.6 Å². The molecule has 2 saturated heterocycles. The Morgan fingerprint density at radius 1 is 1.42 bits per heavy atom. The molecule has 0 bridgehead atoms. The molecule has 0 radical (unpaired) electrons. The highest BCUT2D eigenvalue weighted by Crippen LogP contribution is 2.37. The van der Waals surface area contributed by atoms with Crippen LogP contribution in [0.2, 0.25) is 0 Å². The maximum absolute atomic E-state index is 13.0. The minimum atomic E-state index is -3.47. The summed E-state index contributed by atoms with van der Waals surface area (Å²) in [7, 11) is -1.34. The van der Waals surface area contributed by atoms with Crippen LogP contribution < -0.4 is 10.6 Å². The number of carbonyl (C=O) groups excluding carboxylic acids is 1. The van der Waals surface area contributed by atoms with Crippen molar-refractivity contribution in [2.45, 2.75) is 36.5 Å².